The number of rotatable bonds is 8. The number of nitrogen functional groups attached to an aromatic ring is 1. The number of amides is 1. The molecule has 1 aliphatic heterocycles. The number of methoxy groups -OCH3 is 2. The molecular weight excluding hydrogens is 446 g/mol. The van der Waals surface area contributed by atoms with E-state index in [0.717, 1.165) is 18.6 Å². The second-order valence-corrected chi connectivity index (χ2v) is 8.53. The predicted molar refractivity (Wildman–Crippen MR) is 125 cm³/mol. The third kappa shape index (κ3) is 4.90. The number of hydrogen-bond acceptors (Lipinski definition) is 11. The van der Waals surface area contributed by atoms with Crippen LogP contribution in [0.2, 0.25) is 0 Å². The topological polar surface area (TPSA) is 133 Å². The van der Waals surface area contributed by atoms with Crippen LogP contribution in [-0.2, 0) is 0 Å². The number of aromatic nitrogens is 4. The van der Waals surface area contributed by atoms with E-state index in [1.807, 2.05) is 4.90 Å². The molecule has 0 unspecified atom stereocenters. The van der Waals surface area contributed by atoms with Crippen molar-refractivity contribution in [1.82, 2.24) is 25.1 Å². The van der Waals surface area contributed by atoms with Crippen molar-refractivity contribution in [2.45, 2.75) is 25.0 Å². The zero-order valence-corrected chi connectivity index (χ0v) is 19.7. The van der Waals surface area contributed by atoms with Gasteiger partial charge >= 0.3 is 11.8 Å². The van der Waals surface area contributed by atoms with Crippen LogP contribution in [0.25, 0.3) is 10.9 Å². The number of unbranched alkanes of at least 4 members (excludes halogenated alkanes) is 1. The van der Waals surface area contributed by atoms with E-state index in [1.165, 1.54) is 11.8 Å². The van der Waals surface area contributed by atoms with Crippen LogP contribution >= 0.6 is 11.8 Å². The second-order valence-electron chi connectivity index (χ2n) is 7.49. The average Bonchev–Trinajstić information content (AvgIpc) is 3.32. The lowest BCUT2D eigenvalue weighted by molar-refractivity contribution is 0.0700. The highest BCUT2D eigenvalue weighted by atomic mass is 32.2. The van der Waals surface area contributed by atoms with E-state index in [-0.39, 0.29) is 11.8 Å². The fourth-order valence-electron chi connectivity index (χ4n) is 3.51. The highest BCUT2D eigenvalue weighted by Crippen LogP contribution is 2.34. The van der Waals surface area contributed by atoms with Gasteiger partial charge in [0.25, 0.3) is 5.22 Å². The summed E-state index contributed by atoms with van der Waals surface area (Å²) in [6, 6.07) is 3.55. The maximum atomic E-state index is 12.8. The summed E-state index contributed by atoms with van der Waals surface area (Å²) >= 11 is 1.47. The van der Waals surface area contributed by atoms with Crippen LogP contribution in [0.5, 0.6) is 11.5 Å². The van der Waals surface area contributed by atoms with Gasteiger partial charge in [-0.15, -0.1) is 10.2 Å². The van der Waals surface area contributed by atoms with E-state index in [4.69, 9.17) is 19.6 Å². The largest absolute Gasteiger partial charge is 0.493 e. The van der Waals surface area contributed by atoms with Crippen molar-refractivity contribution in [3.63, 3.8) is 0 Å². The van der Waals surface area contributed by atoms with Crippen molar-refractivity contribution in [2.75, 3.05) is 56.8 Å². The molecule has 3 aromatic rings. The molecule has 33 heavy (non-hydrogen) atoms. The molecule has 0 spiro atoms. The molecule has 11 nitrogen and oxygen atoms in total. The Kier molecular flexibility index (Phi) is 7.02. The van der Waals surface area contributed by atoms with Crippen molar-refractivity contribution in [2.24, 2.45) is 0 Å². The van der Waals surface area contributed by atoms with Crippen LogP contribution in [0.3, 0.4) is 0 Å². The number of benzene rings is 1. The molecule has 176 valence electrons. The van der Waals surface area contributed by atoms with Crippen LogP contribution in [0, 0.1) is 0 Å². The van der Waals surface area contributed by atoms with E-state index in [0.29, 0.717) is 65.6 Å². The molecular formula is C21H27N7O4S. The summed E-state index contributed by atoms with van der Waals surface area (Å²) in [6.07, 6.45) is 2.14. The SMILES string of the molecule is CCCCSc1nnc(C(=O)N2CCN(c3nc(N)c4cc(OC)c(OC)cc4n3)CC2)o1. The third-order valence-electron chi connectivity index (χ3n) is 5.38. The lowest BCUT2D eigenvalue weighted by atomic mass is 10.2. The van der Waals surface area contributed by atoms with Gasteiger partial charge in [-0.05, 0) is 12.5 Å². The normalized spacial score (nSPS) is 14.0. The standard InChI is InChI=1S/C21H27N7O4S/c1-4-5-10-33-21-26-25-18(32-21)19(29)27-6-8-28(9-7-27)20-23-14-12-16(31-3)15(30-2)11-13(14)17(22)24-20/h11-12H,4-10H2,1-3H3,(H2,22,23,24). The van der Waals surface area contributed by atoms with Gasteiger partial charge in [0, 0.05) is 43.4 Å². The van der Waals surface area contributed by atoms with Gasteiger partial charge in [-0.3, -0.25) is 4.79 Å². The lowest BCUT2D eigenvalue weighted by Crippen LogP contribution is -2.49. The van der Waals surface area contributed by atoms with E-state index >= 15 is 0 Å². The number of thioether (sulfide) groups is 1. The third-order valence-corrected chi connectivity index (χ3v) is 6.29. The Bertz CT molecular complexity index is 1130. The van der Waals surface area contributed by atoms with Gasteiger partial charge in [0.1, 0.15) is 5.82 Å². The fourth-order valence-corrected chi connectivity index (χ4v) is 4.36. The molecule has 1 fully saturated rings. The Morgan fingerprint density at radius 1 is 1.12 bits per heavy atom. The number of ether oxygens (including phenoxy) is 2. The molecule has 1 amide bonds. The molecule has 1 aromatic carbocycles. The Morgan fingerprint density at radius 3 is 2.55 bits per heavy atom. The molecule has 0 radical (unpaired) electrons. The van der Waals surface area contributed by atoms with E-state index in [2.05, 4.69) is 27.1 Å². The number of nitrogens with two attached hydrogens (primary N) is 1. The first-order valence-corrected chi connectivity index (χ1v) is 11.7. The molecule has 0 bridgehead atoms. The van der Waals surface area contributed by atoms with E-state index < -0.39 is 0 Å². The van der Waals surface area contributed by atoms with Crippen molar-refractivity contribution in [3.8, 4) is 11.5 Å². The summed E-state index contributed by atoms with van der Waals surface area (Å²) in [7, 11) is 3.14. The zero-order valence-electron chi connectivity index (χ0n) is 18.9. The fraction of sp³-hybridized carbons (Fsp3) is 0.476. The molecule has 0 aliphatic carbocycles. The van der Waals surface area contributed by atoms with E-state index in [9.17, 15) is 4.79 Å². The zero-order chi connectivity index (χ0) is 23.4. The summed E-state index contributed by atoms with van der Waals surface area (Å²) in [5, 5.41) is 9.00. The van der Waals surface area contributed by atoms with Crippen molar-refractivity contribution in [3.05, 3.63) is 18.0 Å². The molecule has 3 heterocycles. The molecule has 12 heteroatoms. The maximum absolute atomic E-state index is 12.8. The Labute approximate surface area is 195 Å². The number of piperazine rings is 1. The van der Waals surface area contributed by atoms with Crippen molar-refractivity contribution >= 4 is 40.3 Å². The van der Waals surface area contributed by atoms with Crippen LogP contribution < -0.4 is 20.1 Å². The average molecular weight is 474 g/mol. The minimum absolute atomic E-state index is 0.0229. The van der Waals surface area contributed by atoms with Gasteiger partial charge in [-0.25, -0.2) is 4.98 Å². The van der Waals surface area contributed by atoms with Crippen LogP contribution in [-0.4, -0.2) is 77.1 Å². The van der Waals surface area contributed by atoms with Gasteiger partial charge < -0.3 is 29.4 Å². The smallest absolute Gasteiger partial charge is 0.311 e. The van der Waals surface area contributed by atoms with E-state index in [1.54, 1.807) is 31.3 Å². The Hall–Kier alpha value is -3.28. The van der Waals surface area contributed by atoms with Gasteiger partial charge in [-0.2, -0.15) is 4.98 Å². The summed E-state index contributed by atoms with van der Waals surface area (Å²) in [5.74, 6) is 2.64. The lowest BCUT2D eigenvalue weighted by Gasteiger charge is -2.34. The first kappa shape index (κ1) is 22.9. The highest BCUT2D eigenvalue weighted by molar-refractivity contribution is 7.99. The summed E-state index contributed by atoms with van der Waals surface area (Å²) < 4.78 is 16.2. The molecule has 2 aromatic heterocycles. The molecule has 0 saturated carbocycles. The Balaban J connectivity index is 1.43. The molecule has 1 saturated heterocycles. The summed E-state index contributed by atoms with van der Waals surface area (Å²) in [5.41, 5.74) is 6.87. The van der Waals surface area contributed by atoms with Crippen LogP contribution in [0.15, 0.2) is 21.8 Å². The van der Waals surface area contributed by atoms with Crippen molar-refractivity contribution in [1.29, 1.82) is 0 Å². The number of anilines is 2. The monoisotopic (exact) mass is 473 g/mol. The number of hydrogen-bond donors (Lipinski definition) is 1. The summed E-state index contributed by atoms with van der Waals surface area (Å²) in [4.78, 5) is 25.6. The quantitative estimate of drug-likeness (QED) is 0.382. The van der Waals surface area contributed by atoms with Crippen molar-refractivity contribution < 1.29 is 18.7 Å². The minimum Gasteiger partial charge on any atom is -0.493 e. The molecule has 0 atom stereocenters. The molecule has 1 aliphatic rings. The molecule has 4 rings (SSSR count). The number of carbonyl (C=O) groups excluding carboxylic acids is 1. The highest BCUT2D eigenvalue weighted by Gasteiger charge is 2.27. The van der Waals surface area contributed by atoms with Crippen LogP contribution in [0.4, 0.5) is 11.8 Å². The van der Waals surface area contributed by atoms with Gasteiger partial charge in [0.15, 0.2) is 11.5 Å². The van der Waals surface area contributed by atoms with Gasteiger partial charge in [0.2, 0.25) is 5.95 Å². The number of fused-ring (bicyclic) bond motifs is 1. The number of nitrogens with zero attached hydrogens (tertiary/aromatic N) is 6. The Morgan fingerprint density at radius 2 is 1.85 bits per heavy atom. The van der Waals surface area contributed by atoms with Gasteiger partial charge in [-0.1, -0.05) is 25.1 Å². The first-order chi connectivity index (χ1) is 16.0. The first-order valence-electron chi connectivity index (χ1n) is 10.7. The number of carbonyl (C=O) groups is 1. The van der Waals surface area contributed by atoms with Crippen LogP contribution in [0.1, 0.15) is 30.5 Å². The predicted octanol–water partition coefficient (Wildman–Crippen LogP) is 2.47. The molecule has 2 N–H and O–H groups in total. The minimum atomic E-state index is -0.264. The van der Waals surface area contributed by atoms with Gasteiger partial charge in [0.05, 0.1) is 19.7 Å². The maximum Gasteiger partial charge on any atom is 0.311 e. The second kappa shape index (κ2) is 10.1. The summed E-state index contributed by atoms with van der Waals surface area (Å²) in [6.45, 7) is 4.18.